The van der Waals surface area contributed by atoms with Crippen LogP contribution in [0.3, 0.4) is 0 Å². The van der Waals surface area contributed by atoms with Crippen molar-refractivity contribution < 1.29 is 8.78 Å². The summed E-state index contributed by atoms with van der Waals surface area (Å²) in [6.45, 7) is 5.14. The number of hydrogen-bond acceptors (Lipinski definition) is 1. The molecule has 0 aliphatic carbocycles. The highest BCUT2D eigenvalue weighted by Gasteiger charge is 2.22. The molecule has 1 saturated heterocycles. The molecule has 2 nitrogen and oxygen atoms in total. The summed E-state index contributed by atoms with van der Waals surface area (Å²) in [6, 6.07) is 22.3. The summed E-state index contributed by atoms with van der Waals surface area (Å²) in [6.07, 6.45) is 5.39. The summed E-state index contributed by atoms with van der Waals surface area (Å²) < 4.78 is 27.6. The Balaban J connectivity index is 1.90. The highest BCUT2D eigenvalue weighted by atomic mass is 19.1. The highest BCUT2D eigenvalue weighted by molar-refractivity contribution is 6.04. The van der Waals surface area contributed by atoms with E-state index < -0.39 is 0 Å². The first-order chi connectivity index (χ1) is 15.5. The van der Waals surface area contributed by atoms with Crippen molar-refractivity contribution in [3.8, 4) is 0 Å². The maximum Gasteiger partial charge on any atom is 0.130 e. The molecule has 1 unspecified atom stereocenters. The number of benzene rings is 3. The van der Waals surface area contributed by atoms with E-state index in [0.717, 1.165) is 41.9 Å². The van der Waals surface area contributed by atoms with Crippen LogP contribution in [0.5, 0.6) is 0 Å². The van der Waals surface area contributed by atoms with E-state index in [1.165, 1.54) is 30.7 Å². The molecule has 0 N–H and O–H groups in total. The first-order valence-electron chi connectivity index (χ1n) is 11.1. The van der Waals surface area contributed by atoms with Crippen molar-refractivity contribution in [3.05, 3.63) is 107 Å². The molecule has 4 heteroatoms. The van der Waals surface area contributed by atoms with E-state index in [1.807, 2.05) is 37.3 Å². The molecule has 1 fully saturated rings. The Labute approximate surface area is 188 Å². The summed E-state index contributed by atoms with van der Waals surface area (Å²) in [5.74, 6) is 0.198. The van der Waals surface area contributed by atoms with Crippen molar-refractivity contribution >= 4 is 17.1 Å². The largest absolute Gasteiger partial charge is 0.354 e. The predicted octanol–water partition coefficient (Wildman–Crippen LogP) is 7.11. The van der Waals surface area contributed by atoms with Gasteiger partial charge in [0.15, 0.2) is 0 Å². The Kier molecular flexibility index (Phi) is 6.79. The summed E-state index contributed by atoms with van der Waals surface area (Å²) in [5.41, 5.74) is 4.31. The van der Waals surface area contributed by atoms with Gasteiger partial charge in [0, 0.05) is 12.6 Å². The summed E-state index contributed by atoms with van der Waals surface area (Å²) in [7, 11) is 0. The molecule has 1 atom stereocenters. The smallest absolute Gasteiger partial charge is 0.130 e. The van der Waals surface area contributed by atoms with Gasteiger partial charge in [-0.1, -0.05) is 30.3 Å². The van der Waals surface area contributed by atoms with E-state index in [0.29, 0.717) is 17.3 Å². The van der Waals surface area contributed by atoms with Gasteiger partial charge in [-0.15, -0.1) is 0 Å². The lowest BCUT2D eigenvalue weighted by molar-refractivity contribution is 0.259. The Bertz CT molecular complexity index is 1130. The van der Waals surface area contributed by atoms with Crippen molar-refractivity contribution in [1.82, 2.24) is 4.90 Å². The fourth-order valence-electron chi connectivity index (χ4n) is 4.16. The van der Waals surface area contributed by atoms with Crippen molar-refractivity contribution in [2.75, 3.05) is 6.54 Å². The fourth-order valence-corrected chi connectivity index (χ4v) is 4.16. The number of piperidine rings is 1. The topological polar surface area (TPSA) is 15.6 Å². The normalized spacial score (nSPS) is 17.5. The molecule has 163 valence electrons. The number of aryl methyl sites for hydroxylation is 1. The first-order valence-corrected chi connectivity index (χ1v) is 11.1. The molecule has 3 aromatic rings. The van der Waals surface area contributed by atoms with Gasteiger partial charge in [0.05, 0.1) is 5.69 Å². The molecule has 0 aromatic heterocycles. The number of amidine groups is 1. The van der Waals surface area contributed by atoms with E-state index >= 15 is 0 Å². The molecule has 0 saturated carbocycles. The average molecular weight is 430 g/mol. The Morgan fingerprint density at radius 1 is 1.03 bits per heavy atom. The summed E-state index contributed by atoms with van der Waals surface area (Å²) >= 11 is 0. The minimum atomic E-state index is -0.304. The van der Waals surface area contributed by atoms with Crippen LogP contribution in [0.25, 0.3) is 5.57 Å². The Hall–Kier alpha value is -3.27. The van der Waals surface area contributed by atoms with Crippen LogP contribution in [-0.2, 0) is 0 Å². The molecule has 1 radical (unpaired) electrons. The van der Waals surface area contributed by atoms with E-state index in [1.54, 1.807) is 18.2 Å². The SMILES string of the molecule is Cc1ccccc1C(=CC(=Nc1ccc(F)cc1)N1CCCCC1C)c1[c]ccc(F)c1. The highest BCUT2D eigenvalue weighted by Crippen LogP contribution is 2.29. The van der Waals surface area contributed by atoms with E-state index in [4.69, 9.17) is 4.99 Å². The fraction of sp³-hybridized carbons (Fsp3) is 0.250. The lowest BCUT2D eigenvalue weighted by Crippen LogP contribution is -2.41. The van der Waals surface area contributed by atoms with Crippen LogP contribution in [0.15, 0.2) is 77.8 Å². The van der Waals surface area contributed by atoms with Gasteiger partial charge in [-0.25, -0.2) is 13.8 Å². The van der Waals surface area contributed by atoms with Gasteiger partial charge in [-0.05, 0) is 104 Å². The number of nitrogens with zero attached hydrogens (tertiary/aromatic N) is 2. The van der Waals surface area contributed by atoms with Crippen molar-refractivity contribution in [2.24, 2.45) is 4.99 Å². The predicted molar refractivity (Wildman–Crippen MR) is 127 cm³/mol. The van der Waals surface area contributed by atoms with Gasteiger partial charge in [-0.2, -0.15) is 0 Å². The third-order valence-corrected chi connectivity index (χ3v) is 5.93. The van der Waals surface area contributed by atoms with Crippen LogP contribution < -0.4 is 0 Å². The number of halogens is 2. The van der Waals surface area contributed by atoms with Gasteiger partial charge in [0.25, 0.3) is 0 Å². The molecule has 3 aromatic carbocycles. The second-order valence-electron chi connectivity index (χ2n) is 8.28. The maximum atomic E-state index is 14.2. The van der Waals surface area contributed by atoms with Crippen LogP contribution in [0.2, 0.25) is 0 Å². The summed E-state index contributed by atoms with van der Waals surface area (Å²) in [4.78, 5) is 7.20. The third kappa shape index (κ3) is 5.13. The van der Waals surface area contributed by atoms with Crippen LogP contribution >= 0.6 is 0 Å². The third-order valence-electron chi connectivity index (χ3n) is 5.93. The lowest BCUT2D eigenvalue weighted by atomic mass is 9.93. The molecule has 1 aliphatic heterocycles. The van der Waals surface area contributed by atoms with Gasteiger partial charge >= 0.3 is 0 Å². The second kappa shape index (κ2) is 9.90. The van der Waals surface area contributed by atoms with E-state index in [2.05, 4.69) is 17.9 Å². The number of rotatable bonds is 4. The second-order valence-corrected chi connectivity index (χ2v) is 8.28. The van der Waals surface area contributed by atoms with E-state index in [9.17, 15) is 8.78 Å². The minimum absolute atomic E-state index is 0.289. The van der Waals surface area contributed by atoms with Gasteiger partial charge in [0.1, 0.15) is 17.5 Å². The Morgan fingerprint density at radius 2 is 1.81 bits per heavy atom. The van der Waals surface area contributed by atoms with E-state index in [-0.39, 0.29) is 11.6 Å². The standard InChI is InChI=1S/C28H27F2N2/c1-20-8-3-4-12-26(20)27(22-10-7-11-24(30)18-22)19-28(32-17-6-5-9-21(32)2)31-25-15-13-23(29)14-16-25/h3-4,7-8,11-16,18-19,21H,5-6,9,17H2,1-2H3. The van der Waals surface area contributed by atoms with Gasteiger partial charge < -0.3 is 4.90 Å². The molecular weight excluding hydrogens is 402 g/mol. The Morgan fingerprint density at radius 3 is 2.53 bits per heavy atom. The number of likely N-dealkylation sites (tertiary alicyclic amines) is 1. The van der Waals surface area contributed by atoms with Crippen molar-refractivity contribution in [3.63, 3.8) is 0 Å². The lowest BCUT2D eigenvalue weighted by Gasteiger charge is -2.35. The van der Waals surface area contributed by atoms with Gasteiger partial charge in [0.2, 0.25) is 0 Å². The van der Waals surface area contributed by atoms with Crippen LogP contribution in [0.1, 0.15) is 42.9 Å². The van der Waals surface area contributed by atoms with Crippen LogP contribution in [0, 0.1) is 24.6 Å². The van der Waals surface area contributed by atoms with Crippen LogP contribution in [-0.4, -0.2) is 23.3 Å². The molecule has 0 bridgehead atoms. The quantitative estimate of drug-likeness (QED) is 0.319. The molecule has 1 aliphatic rings. The zero-order valence-electron chi connectivity index (χ0n) is 18.5. The van der Waals surface area contributed by atoms with Crippen molar-refractivity contribution in [2.45, 2.75) is 39.2 Å². The maximum absolute atomic E-state index is 14.2. The van der Waals surface area contributed by atoms with Gasteiger partial charge in [-0.3, -0.25) is 0 Å². The number of hydrogen-bond donors (Lipinski definition) is 0. The number of aliphatic imine (C=N–C) groups is 1. The van der Waals surface area contributed by atoms with Crippen molar-refractivity contribution in [1.29, 1.82) is 0 Å². The molecule has 0 spiro atoms. The minimum Gasteiger partial charge on any atom is -0.354 e. The van der Waals surface area contributed by atoms with Crippen LogP contribution in [0.4, 0.5) is 14.5 Å². The molecular formula is C28H27F2N2. The molecule has 0 amide bonds. The molecule has 1 heterocycles. The molecule has 32 heavy (non-hydrogen) atoms. The molecule has 4 rings (SSSR count). The zero-order chi connectivity index (χ0) is 22.5. The summed E-state index contributed by atoms with van der Waals surface area (Å²) in [5, 5.41) is 0. The monoisotopic (exact) mass is 429 g/mol. The average Bonchev–Trinajstić information content (AvgIpc) is 2.79. The first kappa shape index (κ1) is 21.9. The zero-order valence-corrected chi connectivity index (χ0v) is 18.5.